The highest BCUT2D eigenvalue weighted by molar-refractivity contribution is 8.00. The van der Waals surface area contributed by atoms with Crippen molar-refractivity contribution in [1.29, 1.82) is 0 Å². The van der Waals surface area contributed by atoms with E-state index in [9.17, 15) is 19.2 Å². The molecule has 1 saturated heterocycles. The number of anilines is 1. The van der Waals surface area contributed by atoms with E-state index < -0.39 is 40.8 Å². The number of nitrogens with one attached hydrogen (secondary N) is 1. The molecule has 0 aliphatic carbocycles. The lowest BCUT2D eigenvalue weighted by atomic mass is 9.80. The van der Waals surface area contributed by atoms with Crippen molar-refractivity contribution in [1.82, 2.24) is 20.2 Å². The molecular formula is C46H42N6O7S2. The van der Waals surface area contributed by atoms with Gasteiger partial charge >= 0.3 is 11.9 Å². The first-order valence-electron chi connectivity index (χ1n) is 19.5. The number of rotatable bonds is 16. The van der Waals surface area contributed by atoms with Crippen LogP contribution < -0.4 is 11.1 Å². The first kappa shape index (κ1) is 42.3. The van der Waals surface area contributed by atoms with E-state index >= 15 is 0 Å². The van der Waals surface area contributed by atoms with Gasteiger partial charge in [0.2, 0.25) is 5.60 Å². The summed E-state index contributed by atoms with van der Waals surface area (Å²) in [6.07, 6.45) is 8.97. The number of thiazole rings is 1. The fraction of sp³-hybridized carbons (Fsp3) is 0.196. The number of carbonyl (C=O) groups excluding carboxylic acids is 4. The van der Waals surface area contributed by atoms with Crippen molar-refractivity contribution in [3.8, 4) is 0 Å². The molecule has 3 N–H and O–H groups in total. The number of oxime groups is 1. The Morgan fingerprint density at radius 2 is 1.57 bits per heavy atom. The normalized spacial score (nSPS) is 16.8. The average Bonchev–Trinajstić information content (AvgIpc) is 3.73. The van der Waals surface area contributed by atoms with Gasteiger partial charge in [0, 0.05) is 40.2 Å². The van der Waals surface area contributed by atoms with Crippen molar-refractivity contribution < 1.29 is 33.5 Å². The van der Waals surface area contributed by atoms with Gasteiger partial charge in [0.25, 0.3) is 11.8 Å². The summed E-state index contributed by atoms with van der Waals surface area (Å²) in [5.41, 5.74) is 8.38. The molecule has 13 nitrogen and oxygen atoms in total. The maximum Gasteiger partial charge on any atom is 0.355 e. The number of pyridine rings is 1. The van der Waals surface area contributed by atoms with E-state index in [0.717, 1.165) is 33.6 Å². The maximum absolute atomic E-state index is 14.4. The van der Waals surface area contributed by atoms with Gasteiger partial charge in [0.15, 0.2) is 10.8 Å². The van der Waals surface area contributed by atoms with Crippen molar-refractivity contribution in [2.24, 2.45) is 5.16 Å². The lowest BCUT2D eigenvalue weighted by molar-refractivity contribution is -0.152. The number of benzene rings is 3. The van der Waals surface area contributed by atoms with E-state index in [2.05, 4.69) is 20.4 Å². The molecule has 5 aromatic rings. The lowest BCUT2D eigenvalue weighted by Gasteiger charge is -2.49. The van der Waals surface area contributed by atoms with Gasteiger partial charge in [-0.2, -0.15) is 0 Å². The zero-order chi connectivity index (χ0) is 42.8. The molecule has 0 saturated carbocycles. The standard InChI is InChI=1S/C46H42N6O7S2/c1-3-15-31(43(55)57-4-2)27-58-44(56)39-32(24-23-30-16-14-25-48-26-30)28-60-42-38(41(54)52(39)42)50-40(53)37(36-29-61-45(47)49-36)51-59-46(33-17-8-5-9-18-33,34-19-10-6-11-20-34)35-21-12-7-13-22-35/h5-26,29,38,42H,3-4,27-28H2,1-2H3,(H2,47,49)(H,50,53)/b24-23-,31-15+,51-37+/t38-,42-/m1/s1. The average molecular weight is 855 g/mol. The van der Waals surface area contributed by atoms with Gasteiger partial charge in [-0.05, 0) is 30.5 Å². The van der Waals surface area contributed by atoms with Crippen molar-refractivity contribution in [2.75, 3.05) is 24.7 Å². The van der Waals surface area contributed by atoms with Crippen LogP contribution >= 0.6 is 23.1 Å². The van der Waals surface area contributed by atoms with Gasteiger partial charge in [0.05, 0.1) is 12.2 Å². The Kier molecular flexibility index (Phi) is 13.5. The van der Waals surface area contributed by atoms with Gasteiger partial charge < -0.3 is 25.4 Å². The molecule has 3 aromatic carbocycles. The maximum atomic E-state index is 14.4. The number of nitrogens with two attached hydrogens (primary N) is 1. The quantitative estimate of drug-likeness (QED) is 0.0272. The number of fused-ring (bicyclic) bond motifs is 1. The molecule has 2 aliphatic rings. The monoisotopic (exact) mass is 854 g/mol. The van der Waals surface area contributed by atoms with Crippen molar-refractivity contribution >= 4 is 63.8 Å². The van der Waals surface area contributed by atoms with Gasteiger partial charge in [-0.25, -0.2) is 14.6 Å². The Morgan fingerprint density at radius 3 is 2.13 bits per heavy atom. The number of nitrogens with zero attached hydrogens (tertiary/aromatic N) is 4. The van der Waals surface area contributed by atoms with E-state index in [1.807, 2.05) is 104 Å². The minimum atomic E-state index is -1.32. The van der Waals surface area contributed by atoms with Crippen molar-refractivity contribution in [2.45, 2.75) is 37.3 Å². The minimum absolute atomic E-state index is 0.00182. The molecular weight excluding hydrogens is 813 g/mol. The largest absolute Gasteiger partial charge is 0.463 e. The van der Waals surface area contributed by atoms with E-state index in [1.165, 1.54) is 16.7 Å². The number of hydrogen-bond acceptors (Lipinski definition) is 13. The predicted octanol–water partition coefficient (Wildman–Crippen LogP) is 6.64. The Morgan fingerprint density at radius 1 is 0.918 bits per heavy atom. The van der Waals surface area contributed by atoms with Crippen LogP contribution in [0.5, 0.6) is 0 Å². The topological polar surface area (TPSA) is 175 Å². The number of allylic oxidation sites excluding steroid dienone is 2. The Labute approximate surface area is 361 Å². The van der Waals surface area contributed by atoms with E-state index in [4.69, 9.17) is 20.0 Å². The number of amides is 2. The first-order valence-corrected chi connectivity index (χ1v) is 21.4. The van der Waals surface area contributed by atoms with Crippen LogP contribution in [0, 0.1) is 0 Å². The molecule has 0 unspecified atom stereocenters. The summed E-state index contributed by atoms with van der Waals surface area (Å²) in [5, 5.41) is 8.51. The number of β-lactam (4-membered cyclic amide) rings is 1. The molecule has 0 radical (unpaired) electrons. The zero-order valence-corrected chi connectivity index (χ0v) is 34.9. The van der Waals surface area contributed by atoms with E-state index in [-0.39, 0.29) is 46.8 Å². The second kappa shape index (κ2) is 19.5. The fourth-order valence-electron chi connectivity index (χ4n) is 6.92. The number of hydrogen-bond donors (Lipinski definition) is 2. The second-order valence-corrected chi connectivity index (χ2v) is 15.7. The third-order valence-corrected chi connectivity index (χ3v) is 11.8. The third kappa shape index (κ3) is 9.17. The number of ether oxygens (including phenoxy) is 2. The zero-order valence-electron chi connectivity index (χ0n) is 33.3. The predicted molar refractivity (Wildman–Crippen MR) is 235 cm³/mol. The fourth-order valence-corrected chi connectivity index (χ4v) is 8.78. The summed E-state index contributed by atoms with van der Waals surface area (Å²) < 4.78 is 10.8. The molecule has 0 bridgehead atoms. The lowest BCUT2D eigenvalue weighted by Crippen LogP contribution is -2.71. The molecule has 61 heavy (non-hydrogen) atoms. The van der Waals surface area contributed by atoms with Crippen LogP contribution in [0.1, 0.15) is 48.2 Å². The number of aromatic nitrogens is 2. The number of esters is 2. The highest BCUT2D eigenvalue weighted by Gasteiger charge is 2.54. The summed E-state index contributed by atoms with van der Waals surface area (Å²) in [5.74, 6) is -2.42. The summed E-state index contributed by atoms with van der Waals surface area (Å²) in [6, 6.07) is 31.2. The summed E-state index contributed by atoms with van der Waals surface area (Å²) in [6.45, 7) is 3.32. The molecule has 1 fully saturated rings. The van der Waals surface area contributed by atoms with Crippen LogP contribution in [0.3, 0.4) is 0 Å². The van der Waals surface area contributed by atoms with Crippen LogP contribution in [0.25, 0.3) is 6.08 Å². The molecule has 2 aromatic heterocycles. The molecule has 310 valence electrons. The summed E-state index contributed by atoms with van der Waals surface area (Å²) >= 11 is 2.48. The van der Waals surface area contributed by atoms with Crippen LogP contribution in [0.4, 0.5) is 5.13 Å². The van der Waals surface area contributed by atoms with E-state index in [0.29, 0.717) is 12.0 Å². The highest BCUT2D eigenvalue weighted by Crippen LogP contribution is 2.43. The number of nitrogen functional groups attached to an aromatic ring is 1. The molecule has 4 heterocycles. The minimum Gasteiger partial charge on any atom is -0.463 e. The smallest absolute Gasteiger partial charge is 0.355 e. The SMILES string of the molecule is CC/C=C(\COC(=O)C1=C(/C=C\c2cccnc2)CS[C@@H]2[C@H](NC(=O)/C(=N/OC(c3ccccc3)(c3ccccc3)c3ccccc3)c3csc(N)n3)C(=O)N12)C(=O)OCC. The summed E-state index contributed by atoms with van der Waals surface area (Å²) in [4.78, 5) is 71.7. The molecule has 2 amide bonds. The second-order valence-electron chi connectivity index (χ2n) is 13.7. The summed E-state index contributed by atoms with van der Waals surface area (Å²) in [7, 11) is 0. The van der Waals surface area contributed by atoms with Crippen molar-refractivity contribution in [3.05, 3.63) is 178 Å². The van der Waals surface area contributed by atoms with Gasteiger partial charge in [0.1, 0.15) is 29.4 Å². The molecule has 2 atom stereocenters. The number of carbonyl (C=O) groups is 4. The Balaban J connectivity index is 1.21. The third-order valence-electron chi connectivity index (χ3n) is 9.78. The van der Waals surface area contributed by atoms with Crippen LogP contribution in [-0.4, -0.2) is 74.7 Å². The van der Waals surface area contributed by atoms with Gasteiger partial charge in [-0.15, -0.1) is 23.1 Å². The van der Waals surface area contributed by atoms with Crippen molar-refractivity contribution in [3.63, 3.8) is 0 Å². The number of thioether (sulfide) groups is 1. The molecule has 15 heteroatoms. The van der Waals surface area contributed by atoms with E-state index in [1.54, 1.807) is 49.0 Å². The van der Waals surface area contributed by atoms with Gasteiger partial charge in [-0.1, -0.05) is 127 Å². The molecule has 0 spiro atoms. The first-order chi connectivity index (χ1) is 29.7. The highest BCUT2D eigenvalue weighted by atomic mass is 32.2. The molecule has 2 aliphatic heterocycles. The molecule has 7 rings (SSSR count). The Bertz CT molecular complexity index is 2400. The van der Waals surface area contributed by atoms with Crippen LogP contribution in [0.2, 0.25) is 0 Å². The Hall–Kier alpha value is -6.84. The van der Waals surface area contributed by atoms with Crippen LogP contribution in [-0.2, 0) is 39.1 Å². The van der Waals surface area contributed by atoms with Gasteiger partial charge in [-0.3, -0.25) is 19.5 Å². The van der Waals surface area contributed by atoms with Crippen LogP contribution in [0.15, 0.2) is 155 Å².